The Kier molecular flexibility index (Phi) is 3.19. The van der Waals surface area contributed by atoms with Crippen molar-refractivity contribution in [1.29, 1.82) is 0 Å². The van der Waals surface area contributed by atoms with Gasteiger partial charge in [0.15, 0.2) is 0 Å². The Labute approximate surface area is 94.4 Å². The minimum absolute atomic E-state index is 0.411. The lowest BCUT2D eigenvalue weighted by molar-refractivity contribution is 0.308. The lowest BCUT2D eigenvalue weighted by Gasteiger charge is -2.30. The van der Waals surface area contributed by atoms with Gasteiger partial charge in [0.05, 0.1) is 0 Å². The third-order valence-corrected chi connectivity index (χ3v) is 4.00. The normalized spacial score (nSPS) is 31.7. The fourth-order valence-electron chi connectivity index (χ4n) is 2.43. The Hall–Kier alpha value is -0.710. The molecule has 2 rings (SSSR count). The fraction of sp³-hybridized carbons (Fsp3) is 0.800. The molecule has 0 aromatic carbocycles. The van der Waals surface area contributed by atoms with Crippen molar-refractivity contribution in [3.8, 4) is 0 Å². The molecule has 1 aromatic heterocycles. The summed E-state index contributed by atoms with van der Waals surface area (Å²) in [5.41, 5.74) is 5.50. The molecule has 0 aliphatic heterocycles. The second-order valence-electron chi connectivity index (χ2n) is 4.66. The molecule has 0 spiro atoms. The molecule has 5 heteroatoms. The molecule has 3 N–H and O–H groups in total. The largest absolute Gasteiger partial charge is 0.368 e. The number of nitrogen functional groups attached to an aromatic ring is 1. The van der Waals surface area contributed by atoms with E-state index in [1.807, 2.05) is 0 Å². The number of nitrogens with zero attached hydrogens (tertiary/aromatic N) is 2. The summed E-state index contributed by atoms with van der Waals surface area (Å²) in [6, 6.07) is 0. The maximum atomic E-state index is 5.50. The number of nitrogens with two attached hydrogens (primary N) is 1. The first-order valence-corrected chi connectivity index (χ1v) is 6.36. The second kappa shape index (κ2) is 4.43. The van der Waals surface area contributed by atoms with Crippen molar-refractivity contribution in [2.45, 2.75) is 43.5 Å². The van der Waals surface area contributed by atoms with Crippen LogP contribution in [0.25, 0.3) is 0 Å². The van der Waals surface area contributed by atoms with E-state index in [9.17, 15) is 0 Å². The lowest BCUT2D eigenvalue weighted by Crippen LogP contribution is -2.21. The summed E-state index contributed by atoms with van der Waals surface area (Å²) in [5, 5.41) is 8.18. The summed E-state index contributed by atoms with van der Waals surface area (Å²) < 4.78 is 0. The van der Waals surface area contributed by atoms with Gasteiger partial charge in [0.2, 0.25) is 11.1 Å². The molecule has 1 aliphatic carbocycles. The van der Waals surface area contributed by atoms with Crippen LogP contribution < -0.4 is 5.73 Å². The molecule has 1 aliphatic rings. The van der Waals surface area contributed by atoms with Crippen LogP contribution in [0.4, 0.5) is 5.95 Å². The number of anilines is 1. The van der Waals surface area contributed by atoms with Crippen LogP contribution in [0.5, 0.6) is 0 Å². The average molecular weight is 226 g/mol. The van der Waals surface area contributed by atoms with Crippen LogP contribution in [0.3, 0.4) is 0 Å². The van der Waals surface area contributed by atoms with Gasteiger partial charge in [-0.1, -0.05) is 25.6 Å². The Balaban J connectivity index is 1.94. The van der Waals surface area contributed by atoms with E-state index in [1.54, 1.807) is 11.8 Å². The van der Waals surface area contributed by atoms with Gasteiger partial charge < -0.3 is 5.73 Å². The number of hydrogen-bond acceptors (Lipinski definition) is 4. The molecular weight excluding hydrogens is 208 g/mol. The maximum absolute atomic E-state index is 5.50. The number of rotatable bonds is 2. The van der Waals surface area contributed by atoms with Crippen molar-refractivity contribution in [3.05, 3.63) is 0 Å². The van der Waals surface area contributed by atoms with E-state index in [4.69, 9.17) is 5.73 Å². The molecule has 2 unspecified atom stereocenters. The van der Waals surface area contributed by atoms with Crippen LogP contribution in [-0.4, -0.2) is 20.4 Å². The van der Waals surface area contributed by atoms with Gasteiger partial charge in [-0.25, -0.2) is 5.10 Å². The highest BCUT2D eigenvalue weighted by Gasteiger charge is 2.25. The number of aromatic amines is 1. The molecule has 1 aromatic rings. The highest BCUT2D eigenvalue weighted by atomic mass is 32.2. The van der Waals surface area contributed by atoms with E-state index in [1.165, 1.54) is 19.3 Å². The van der Waals surface area contributed by atoms with Crippen LogP contribution in [0, 0.1) is 11.8 Å². The predicted octanol–water partition coefficient (Wildman–Crippen LogP) is 2.30. The molecule has 0 bridgehead atoms. The average Bonchev–Trinajstić information content (AvgIpc) is 2.49. The molecule has 0 saturated heterocycles. The molecule has 2 atom stereocenters. The summed E-state index contributed by atoms with van der Waals surface area (Å²) in [6.07, 6.45) is 3.89. The zero-order valence-corrected chi connectivity index (χ0v) is 10.0. The zero-order valence-electron chi connectivity index (χ0n) is 9.23. The van der Waals surface area contributed by atoms with Crippen molar-refractivity contribution in [2.75, 3.05) is 5.73 Å². The van der Waals surface area contributed by atoms with Crippen LogP contribution in [-0.2, 0) is 0 Å². The Morgan fingerprint density at radius 1 is 1.27 bits per heavy atom. The monoisotopic (exact) mass is 226 g/mol. The van der Waals surface area contributed by atoms with Gasteiger partial charge in [0.25, 0.3) is 0 Å². The van der Waals surface area contributed by atoms with Gasteiger partial charge in [0.1, 0.15) is 0 Å². The summed E-state index contributed by atoms with van der Waals surface area (Å²) in [4.78, 5) is 4.13. The topological polar surface area (TPSA) is 67.6 Å². The standard InChI is InChI=1S/C10H18N4S/c1-6-3-7(2)5-8(4-6)15-10-12-9(11)13-14-10/h6-8H,3-5H2,1-2H3,(H3,11,12,13,14). The maximum Gasteiger partial charge on any atom is 0.216 e. The van der Waals surface area contributed by atoms with E-state index in [0.29, 0.717) is 11.2 Å². The van der Waals surface area contributed by atoms with E-state index in [-0.39, 0.29) is 0 Å². The Morgan fingerprint density at radius 3 is 2.47 bits per heavy atom. The fourth-order valence-corrected chi connectivity index (χ4v) is 3.83. The Bertz CT molecular complexity index is 315. The van der Waals surface area contributed by atoms with Crippen LogP contribution >= 0.6 is 11.8 Å². The van der Waals surface area contributed by atoms with Crippen molar-refractivity contribution < 1.29 is 0 Å². The van der Waals surface area contributed by atoms with E-state index < -0.39 is 0 Å². The van der Waals surface area contributed by atoms with E-state index >= 15 is 0 Å². The van der Waals surface area contributed by atoms with E-state index in [2.05, 4.69) is 29.0 Å². The predicted molar refractivity (Wildman–Crippen MR) is 62.6 cm³/mol. The summed E-state index contributed by atoms with van der Waals surface area (Å²) >= 11 is 1.76. The van der Waals surface area contributed by atoms with Crippen LogP contribution in [0.15, 0.2) is 5.16 Å². The van der Waals surface area contributed by atoms with Gasteiger partial charge in [-0.05, 0) is 31.1 Å². The number of aromatic nitrogens is 3. The molecule has 15 heavy (non-hydrogen) atoms. The number of hydrogen-bond donors (Lipinski definition) is 2. The molecule has 1 heterocycles. The van der Waals surface area contributed by atoms with Crippen molar-refractivity contribution in [3.63, 3.8) is 0 Å². The molecular formula is C10H18N4S. The van der Waals surface area contributed by atoms with Gasteiger partial charge in [-0.15, -0.1) is 5.10 Å². The highest BCUT2D eigenvalue weighted by Crippen LogP contribution is 2.37. The number of H-pyrrole nitrogens is 1. The number of thioether (sulfide) groups is 1. The minimum atomic E-state index is 0.411. The van der Waals surface area contributed by atoms with E-state index in [0.717, 1.165) is 17.0 Å². The summed E-state index contributed by atoms with van der Waals surface area (Å²) in [5.74, 6) is 2.06. The van der Waals surface area contributed by atoms with Crippen LogP contribution in [0.2, 0.25) is 0 Å². The summed E-state index contributed by atoms with van der Waals surface area (Å²) in [7, 11) is 0. The first-order chi connectivity index (χ1) is 7.13. The summed E-state index contributed by atoms with van der Waals surface area (Å²) in [6.45, 7) is 4.66. The van der Waals surface area contributed by atoms with Crippen molar-refractivity contribution >= 4 is 17.7 Å². The van der Waals surface area contributed by atoms with Crippen molar-refractivity contribution in [2.24, 2.45) is 11.8 Å². The third-order valence-electron chi connectivity index (χ3n) is 2.89. The van der Waals surface area contributed by atoms with Crippen molar-refractivity contribution in [1.82, 2.24) is 15.2 Å². The Morgan fingerprint density at radius 2 is 1.93 bits per heavy atom. The molecule has 84 valence electrons. The number of nitrogens with one attached hydrogen (secondary N) is 1. The lowest BCUT2D eigenvalue weighted by atomic mass is 9.83. The SMILES string of the molecule is CC1CC(C)CC(Sc2n[nH]c(N)n2)C1. The smallest absolute Gasteiger partial charge is 0.216 e. The quantitative estimate of drug-likeness (QED) is 0.812. The van der Waals surface area contributed by atoms with Gasteiger partial charge >= 0.3 is 0 Å². The first-order valence-electron chi connectivity index (χ1n) is 5.48. The molecule has 0 amide bonds. The van der Waals surface area contributed by atoms with Gasteiger partial charge in [-0.2, -0.15) is 4.98 Å². The third kappa shape index (κ3) is 2.87. The molecule has 1 fully saturated rings. The molecule has 0 radical (unpaired) electrons. The second-order valence-corrected chi connectivity index (χ2v) is 5.93. The molecule has 4 nitrogen and oxygen atoms in total. The van der Waals surface area contributed by atoms with Gasteiger partial charge in [-0.3, -0.25) is 0 Å². The van der Waals surface area contributed by atoms with Crippen LogP contribution in [0.1, 0.15) is 33.1 Å². The minimum Gasteiger partial charge on any atom is -0.368 e. The van der Waals surface area contributed by atoms with Gasteiger partial charge in [0, 0.05) is 5.25 Å². The zero-order chi connectivity index (χ0) is 10.8. The molecule has 1 saturated carbocycles. The highest BCUT2D eigenvalue weighted by molar-refractivity contribution is 7.99. The first kappa shape index (κ1) is 10.8.